The summed E-state index contributed by atoms with van der Waals surface area (Å²) in [5.74, 6) is 1.04. The zero-order valence-electron chi connectivity index (χ0n) is 16.5. The molecule has 0 amide bonds. The van der Waals surface area contributed by atoms with E-state index in [2.05, 4.69) is 4.98 Å². The molecule has 0 aliphatic rings. The molecule has 1 heterocycles. The summed E-state index contributed by atoms with van der Waals surface area (Å²) in [5, 5.41) is 0. The van der Waals surface area contributed by atoms with E-state index in [4.69, 9.17) is 14.2 Å². The van der Waals surface area contributed by atoms with Gasteiger partial charge in [-0.25, -0.2) is 4.79 Å². The number of methoxy groups -OCH3 is 1. The van der Waals surface area contributed by atoms with Crippen molar-refractivity contribution in [3.63, 3.8) is 0 Å². The van der Waals surface area contributed by atoms with Crippen molar-refractivity contribution in [2.75, 3.05) is 7.11 Å². The Kier molecular flexibility index (Phi) is 7.00. The normalized spacial score (nSPS) is 11.0. The predicted molar refractivity (Wildman–Crippen MR) is 111 cm³/mol. The average Bonchev–Trinajstić information content (AvgIpc) is 2.78. The third kappa shape index (κ3) is 5.45. The Morgan fingerprint density at radius 1 is 0.931 bits per heavy atom. The highest BCUT2D eigenvalue weighted by Gasteiger charge is 2.15. The summed E-state index contributed by atoms with van der Waals surface area (Å²) in [7, 11) is 1.38. The van der Waals surface area contributed by atoms with Crippen LogP contribution in [0.1, 0.15) is 23.6 Å². The topological polar surface area (TPSA) is 57.7 Å². The van der Waals surface area contributed by atoms with Crippen LogP contribution in [0.15, 0.2) is 79.1 Å². The standard InChI is InChI=1S/C24H23NO4/c1-3-22(24(26)27-2)23-10-5-4-7-19(23)17-29-21-9-6-8-20(15-21)28-16-18-11-13-25-14-12-18/h3-15H,16-17H2,1-2H3. The highest BCUT2D eigenvalue weighted by molar-refractivity contribution is 6.16. The molecule has 0 spiro atoms. The van der Waals surface area contributed by atoms with E-state index >= 15 is 0 Å². The minimum absolute atomic E-state index is 0.318. The van der Waals surface area contributed by atoms with Crippen LogP contribution in [0.2, 0.25) is 0 Å². The number of pyridine rings is 1. The van der Waals surface area contributed by atoms with Crippen molar-refractivity contribution in [3.8, 4) is 11.5 Å². The van der Waals surface area contributed by atoms with E-state index < -0.39 is 0 Å². The van der Waals surface area contributed by atoms with Crippen LogP contribution < -0.4 is 9.47 Å². The Morgan fingerprint density at radius 2 is 1.62 bits per heavy atom. The first-order chi connectivity index (χ1) is 14.2. The Bertz CT molecular complexity index is 983. The number of aromatic nitrogens is 1. The fraction of sp³-hybridized carbons (Fsp3) is 0.167. The van der Waals surface area contributed by atoms with Gasteiger partial charge in [-0.1, -0.05) is 36.4 Å². The van der Waals surface area contributed by atoms with E-state index in [-0.39, 0.29) is 5.97 Å². The van der Waals surface area contributed by atoms with Crippen LogP contribution in [0, 0.1) is 0 Å². The summed E-state index contributed by atoms with van der Waals surface area (Å²) in [6, 6.07) is 18.9. The Balaban J connectivity index is 1.68. The summed E-state index contributed by atoms with van der Waals surface area (Å²) in [6.07, 6.45) is 5.23. The van der Waals surface area contributed by atoms with Crippen LogP contribution in [0.4, 0.5) is 0 Å². The maximum Gasteiger partial charge on any atom is 0.338 e. The number of hydrogen-bond acceptors (Lipinski definition) is 5. The van der Waals surface area contributed by atoms with Gasteiger partial charge < -0.3 is 14.2 Å². The molecule has 0 atom stereocenters. The second-order valence-corrected chi connectivity index (χ2v) is 6.26. The first-order valence-corrected chi connectivity index (χ1v) is 9.28. The van der Waals surface area contributed by atoms with Crippen molar-refractivity contribution in [2.45, 2.75) is 20.1 Å². The summed E-state index contributed by atoms with van der Waals surface area (Å²) >= 11 is 0. The summed E-state index contributed by atoms with van der Waals surface area (Å²) < 4.78 is 16.7. The number of hydrogen-bond donors (Lipinski definition) is 0. The second kappa shape index (κ2) is 10.1. The van der Waals surface area contributed by atoms with E-state index in [0.717, 1.165) is 22.4 Å². The van der Waals surface area contributed by atoms with Crippen molar-refractivity contribution >= 4 is 11.5 Å². The number of rotatable bonds is 8. The SMILES string of the molecule is CC=C(C(=O)OC)c1ccccc1COc1cccc(OCc2ccncc2)c1. The molecule has 1 aromatic heterocycles. The number of allylic oxidation sites excluding steroid dienone is 1. The van der Waals surface area contributed by atoms with Crippen LogP contribution in [-0.4, -0.2) is 18.1 Å². The number of esters is 1. The van der Waals surface area contributed by atoms with Gasteiger partial charge in [-0.05, 0) is 47.9 Å². The molecule has 29 heavy (non-hydrogen) atoms. The van der Waals surface area contributed by atoms with E-state index in [0.29, 0.717) is 24.5 Å². The summed E-state index contributed by atoms with van der Waals surface area (Å²) in [4.78, 5) is 16.1. The molecule has 0 bridgehead atoms. The van der Waals surface area contributed by atoms with Crippen LogP contribution in [0.3, 0.4) is 0 Å². The predicted octanol–water partition coefficient (Wildman–Crippen LogP) is 4.82. The minimum atomic E-state index is -0.369. The summed E-state index contributed by atoms with van der Waals surface area (Å²) in [6.45, 7) is 2.59. The van der Waals surface area contributed by atoms with Gasteiger partial charge in [-0.2, -0.15) is 0 Å². The van der Waals surface area contributed by atoms with Gasteiger partial charge in [0.15, 0.2) is 0 Å². The maximum absolute atomic E-state index is 12.1. The molecule has 0 unspecified atom stereocenters. The van der Waals surface area contributed by atoms with Gasteiger partial charge in [0, 0.05) is 18.5 Å². The lowest BCUT2D eigenvalue weighted by atomic mass is 10.00. The lowest BCUT2D eigenvalue weighted by molar-refractivity contribution is -0.133. The highest BCUT2D eigenvalue weighted by Crippen LogP contribution is 2.24. The van der Waals surface area contributed by atoms with E-state index in [1.165, 1.54) is 7.11 Å². The second-order valence-electron chi connectivity index (χ2n) is 6.26. The lowest BCUT2D eigenvalue weighted by Gasteiger charge is -2.13. The van der Waals surface area contributed by atoms with Gasteiger partial charge in [0.05, 0.1) is 12.7 Å². The van der Waals surface area contributed by atoms with E-state index in [9.17, 15) is 4.79 Å². The molecule has 3 aromatic rings. The largest absolute Gasteiger partial charge is 0.489 e. The first-order valence-electron chi connectivity index (χ1n) is 9.28. The van der Waals surface area contributed by atoms with Crippen molar-refractivity contribution in [1.29, 1.82) is 0 Å². The molecule has 0 fully saturated rings. The van der Waals surface area contributed by atoms with Crippen LogP contribution in [0.5, 0.6) is 11.5 Å². The Hall–Kier alpha value is -3.60. The minimum Gasteiger partial charge on any atom is -0.489 e. The Morgan fingerprint density at radius 3 is 2.31 bits per heavy atom. The van der Waals surface area contributed by atoms with Gasteiger partial charge in [0.25, 0.3) is 0 Å². The average molecular weight is 389 g/mol. The first kappa shape index (κ1) is 20.1. The lowest BCUT2D eigenvalue weighted by Crippen LogP contribution is -2.07. The smallest absolute Gasteiger partial charge is 0.338 e. The number of nitrogens with zero attached hydrogens (tertiary/aromatic N) is 1. The van der Waals surface area contributed by atoms with Gasteiger partial charge in [0.2, 0.25) is 0 Å². The molecule has 0 radical (unpaired) electrons. The van der Waals surface area contributed by atoms with E-state index in [1.54, 1.807) is 18.5 Å². The van der Waals surface area contributed by atoms with Crippen LogP contribution in [-0.2, 0) is 22.7 Å². The monoisotopic (exact) mass is 389 g/mol. The van der Waals surface area contributed by atoms with Crippen LogP contribution in [0.25, 0.3) is 5.57 Å². The fourth-order valence-electron chi connectivity index (χ4n) is 2.86. The molecular formula is C24H23NO4. The molecule has 0 aliphatic carbocycles. The van der Waals surface area contributed by atoms with Gasteiger partial charge >= 0.3 is 5.97 Å². The Labute approximate surface area is 170 Å². The molecule has 3 rings (SSSR count). The zero-order valence-corrected chi connectivity index (χ0v) is 16.5. The molecule has 0 saturated carbocycles. The third-order valence-corrected chi connectivity index (χ3v) is 4.36. The fourth-order valence-corrected chi connectivity index (χ4v) is 2.86. The van der Waals surface area contributed by atoms with Gasteiger partial charge in [-0.3, -0.25) is 4.98 Å². The van der Waals surface area contributed by atoms with Gasteiger partial charge in [-0.15, -0.1) is 0 Å². The molecule has 5 heteroatoms. The highest BCUT2D eigenvalue weighted by atomic mass is 16.5. The molecule has 2 aromatic carbocycles. The number of benzene rings is 2. The van der Waals surface area contributed by atoms with Crippen molar-refractivity contribution in [2.24, 2.45) is 0 Å². The van der Waals surface area contributed by atoms with Crippen LogP contribution >= 0.6 is 0 Å². The third-order valence-electron chi connectivity index (χ3n) is 4.36. The molecule has 5 nitrogen and oxygen atoms in total. The van der Waals surface area contributed by atoms with E-state index in [1.807, 2.05) is 67.6 Å². The maximum atomic E-state index is 12.1. The van der Waals surface area contributed by atoms with Crippen molar-refractivity contribution in [1.82, 2.24) is 4.98 Å². The number of carbonyl (C=O) groups is 1. The quantitative estimate of drug-likeness (QED) is 0.408. The molecule has 148 valence electrons. The number of carbonyl (C=O) groups excluding carboxylic acids is 1. The number of ether oxygens (including phenoxy) is 3. The van der Waals surface area contributed by atoms with Crippen molar-refractivity contribution < 1.29 is 19.0 Å². The molecule has 0 N–H and O–H groups in total. The molecular weight excluding hydrogens is 366 g/mol. The molecule has 0 saturated heterocycles. The molecule has 0 aliphatic heterocycles. The van der Waals surface area contributed by atoms with Crippen molar-refractivity contribution in [3.05, 3.63) is 95.8 Å². The summed E-state index contributed by atoms with van der Waals surface area (Å²) in [5.41, 5.74) is 3.25. The zero-order chi connectivity index (χ0) is 20.5. The van der Waals surface area contributed by atoms with Gasteiger partial charge in [0.1, 0.15) is 24.7 Å².